The molecule has 0 radical (unpaired) electrons. The number of benzene rings is 1. The van der Waals surface area contributed by atoms with Crippen LogP contribution in [0.3, 0.4) is 0 Å². The van der Waals surface area contributed by atoms with Crippen LogP contribution >= 0.6 is 0 Å². The van der Waals surface area contributed by atoms with Crippen molar-refractivity contribution in [3.05, 3.63) is 29.8 Å². The van der Waals surface area contributed by atoms with Gasteiger partial charge in [-0.1, -0.05) is 31.9 Å². The molecule has 2 rings (SSSR count). The van der Waals surface area contributed by atoms with Gasteiger partial charge in [0.2, 0.25) is 0 Å². The van der Waals surface area contributed by atoms with Crippen molar-refractivity contribution in [1.82, 2.24) is 5.32 Å². The maximum absolute atomic E-state index is 5.53. The Morgan fingerprint density at radius 3 is 2.74 bits per heavy atom. The number of ether oxygens (including phenoxy) is 1. The third-order valence-corrected chi connectivity index (χ3v) is 4.11. The Morgan fingerprint density at radius 1 is 1.21 bits per heavy atom. The van der Waals surface area contributed by atoms with E-state index >= 15 is 0 Å². The van der Waals surface area contributed by atoms with Crippen LogP contribution in [0, 0.1) is 11.8 Å². The second-order valence-electron chi connectivity index (χ2n) is 5.84. The van der Waals surface area contributed by atoms with Gasteiger partial charge in [0.1, 0.15) is 5.75 Å². The van der Waals surface area contributed by atoms with Crippen LogP contribution in [0.4, 0.5) is 0 Å². The lowest BCUT2D eigenvalue weighted by atomic mass is 9.83. The molecular formula is C17H27NO. The van der Waals surface area contributed by atoms with E-state index in [1.165, 1.54) is 31.2 Å². The molecule has 0 spiro atoms. The summed E-state index contributed by atoms with van der Waals surface area (Å²) in [4.78, 5) is 0. The van der Waals surface area contributed by atoms with Gasteiger partial charge in [-0.2, -0.15) is 0 Å². The molecule has 1 aromatic carbocycles. The molecule has 0 unspecified atom stereocenters. The van der Waals surface area contributed by atoms with E-state index in [1.54, 1.807) is 0 Å². The Morgan fingerprint density at radius 2 is 2.00 bits per heavy atom. The van der Waals surface area contributed by atoms with Crippen molar-refractivity contribution in [2.75, 3.05) is 13.2 Å². The molecule has 1 aliphatic carbocycles. The monoisotopic (exact) mass is 261 g/mol. The average Bonchev–Trinajstić information content (AvgIpc) is 2.42. The number of nitrogens with one attached hydrogen (secondary N) is 1. The first-order valence-corrected chi connectivity index (χ1v) is 7.70. The molecule has 2 heteroatoms. The second-order valence-corrected chi connectivity index (χ2v) is 5.84. The molecule has 1 N–H and O–H groups in total. The van der Waals surface area contributed by atoms with Gasteiger partial charge in [0.05, 0.1) is 6.61 Å². The van der Waals surface area contributed by atoms with Crippen LogP contribution in [0.5, 0.6) is 5.75 Å². The zero-order chi connectivity index (χ0) is 13.5. The summed E-state index contributed by atoms with van der Waals surface area (Å²) in [7, 11) is 0. The summed E-state index contributed by atoms with van der Waals surface area (Å²) in [5.74, 6) is 2.80. The van der Waals surface area contributed by atoms with E-state index in [0.29, 0.717) is 0 Å². The third-order valence-electron chi connectivity index (χ3n) is 4.11. The zero-order valence-electron chi connectivity index (χ0n) is 12.3. The van der Waals surface area contributed by atoms with Crippen LogP contribution in [0.2, 0.25) is 0 Å². The molecule has 1 saturated carbocycles. The minimum absolute atomic E-state index is 0.733. The Balaban J connectivity index is 1.71. The van der Waals surface area contributed by atoms with Crippen LogP contribution in [-0.2, 0) is 6.54 Å². The van der Waals surface area contributed by atoms with Crippen LogP contribution in [0.15, 0.2) is 24.3 Å². The van der Waals surface area contributed by atoms with Crippen LogP contribution in [0.1, 0.15) is 45.1 Å². The first-order valence-electron chi connectivity index (χ1n) is 7.70. The summed E-state index contributed by atoms with van der Waals surface area (Å²) in [6.07, 6.45) is 5.61. The fourth-order valence-corrected chi connectivity index (χ4v) is 2.87. The van der Waals surface area contributed by atoms with Crippen LogP contribution in [0.25, 0.3) is 0 Å². The van der Waals surface area contributed by atoms with Crippen molar-refractivity contribution >= 4 is 0 Å². The number of rotatable bonds is 6. The zero-order valence-corrected chi connectivity index (χ0v) is 12.3. The van der Waals surface area contributed by atoms with E-state index in [-0.39, 0.29) is 0 Å². The first kappa shape index (κ1) is 14.4. The van der Waals surface area contributed by atoms with Gasteiger partial charge in [-0.05, 0) is 55.8 Å². The van der Waals surface area contributed by atoms with E-state index in [0.717, 1.165) is 37.3 Å². The van der Waals surface area contributed by atoms with Crippen molar-refractivity contribution in [3.63, 3.8) is 0 Å². The van der Waals surface area contributed by atoms with Gasteiger partial charge < -0.3 is 10.1 Å². The van der Waals surface area contributed by atoms with Gasteiger partial charge in [-0.25, -0.2) is 0 Å². The predicted octanol–water partition coefficient (Wildman–Crippen LogP) is 4.00. The first-order chi connectivity index (χ1) is 9.28. The summed E-state index contributed by atoms with van der Waals surface area (Å²) >= 11 is 0. The summed E-state index contributed by atoms with van der Waals surface area (Å²) in [5, 5.41) is 3.60. The number of hydrogen-bond acceptors (Lipinski definition) is 2. The second kappa shape index (κ2) is 7.54. The quantitative estimate of drug-likeness (QED) is 0.835. The van der Waals surface area contributed by atoms with Crippen molar-refractivity contribution in [3.8, 4) is 5.75 Å². The Kier molecular flexibility index (Phi) is 5.71. The van der Waals surface area contributed by atoms with Crippen molar-refractivity contribution in [2.45, 2.75) is 46.1 Å². The lowest BCUT2D eigenvalue weighted by molar-refractivity contribution is 0.281. The van der Waals surface area contributed by atoms with Gasteiger partial charge in [0.25, 0.3) is 0 Å². The fraction of sp³-hybridized carbons (Fsp3) is 0.647. The summed E-state index contributed by atoms with van der Waals surface area (Å²) in [5.41, 5.74) is 1.31. The minimum atomic E-state index is 0.733. The minimum Gasteiger partial charge on any atom is -0.494 e. The highest BCUT2D eigenvalue weighted by Crippen LogP contribution is 2.27. The molecule has 1 fully saturated rings. The van der Waals surface area contributed by atoms with Crippen molar-refractivity contribution in [1.29, 1.82) is 0 Å². The standard InChI is InChI=1S/C17H27NO/c1-3-19-17-6-4-5-16(11-17)13-18-12-15-9-7-14(2)8-10-15/h4-6,11,14-15,18H,3,7-10,12-13H2,1-2H3. The molecule has 106 valence electrons. The molecule has 2 nitrogen and oxygen atoms in total. The summed E-state index contributed by atoms with van der Waals surface area (Å²) in [6, 6.07) is 8.40. The lowest BCUT2D eigenvalue weighted by Crippen LogP contribution is -2.25. The van der Waals surface area contributed by atoms with Crippen LogP contribution in [-0.4, -0.2) is 13.2 Å². The normalized spacial score (nSPS) is 23.3. The average molecular weight is 261 g/mol. The molecular weight excluding hydrogens is 234 g/mol. The highest BCUT2D eigenvalue weighted by molar-refractivity contribution is 5.28. The maximum atomic E-state index is 5.53. The molecule has 1 aliphatic rings. The smallest absolute Gasteiger partial charge is 0.119 e. The highest BCUT2D eigenvalue weighted by Gasteiger charge is 2.17. The largest absolute Gasteiger partial charge is 0.494 e. The highest BCUT2D eigenvalue weighted by atomic mass is 16.5. The molecule has 1 aromatic rings. The Labute approximate surface area is 117 Å². The molecule has 0 bridgehead atoms. The van der Waals surface area contributed by atoms with E-state index in [4.69, 9.17) is 4.74 Å². The molecule has 19 heavy (non-hydrogen) atoms. The summed E-state index contributed by atoms with van der Waals surface area (Å²) in [6.45, 7) is 7.24. The molecule has 0 aromatic heterocycles. The SMILES string of the molecule is CCOc1cccc(CNCC2CCC(C)CC2)c1. The molecule has 0 amide bonds. The predicted molar refractivity (Wildman–Crippen MR) is 80.4 cm³/mol. The topological polar surface area (TPSA) is 21.3 Å². The maximum Gasteiger partial charge on any atom is 0.119 e. The van der Waals surface area contributed by atoms with Gasteiger partial charge in [0.15, 0.2) is 0 Å². The molecule has 0 heterocycles. The Bertz CT molecular complexity index is 369. The van der Waals surface area contributed by atoms with E-state index in [9.17, 15) is 0 Å². The van der Waals surface area contributed by atoms with Crippen molar-refractivity contribution in [2.24, 2.45) is 11.8 Å². The van der Waals surface area contributed by atoms with Crippen LogP contribution < -0.4 is 10.1 Å². The van der Waals surface area contributed by atoms with Gasteiger partial charge in [-0.3, -0.25) is 0 Å². The molecule has 0 aliphatic heterocycles. The van der Waals surface area contributed by atoms with Gasteiger partial charge >= 0.3 is 0 Å². The fourth-order valence-electron chi connectivity index (χ4n) is 2.87. The van der Waals surface area contributed by atoms with E-state index < -0.39 is 0 Å². The molecule has 0 atom stereocenters. The lowest BCUT2D eigenvalue weighted by Gasteiger charge is -2.26. The van der Waals surface area contributed by atoms with E-state index in [2.05, 4.69) is 30.4 Å². The van der Waals surface area contributed by atoms with Gasteiger partial charge in [0, 0.05) is 6.54 Å². The van der Waals surface area contributed by atoms with E-state index in [1.807, 2.05) is 13.0 Å². The summed E-state index contributed by atoms with van der Waals surface area (Å²) < 4.78 is 5.53. The molecule has 0 saturated heterocycles. The number of hydrogen-bond donors (Lipinski definition) is 1. The van der Waals surface area contributed by atoms with Gasteiger partial charge in [-0.15, -0.1) is 0 Å². The third kappa shape index (κ3) is 4.87. The van der Waals surface area contributed by atoms with Crippen molar-refractivity contribution < 1.29 is 4.74 Å². The Hall–Kier alpha value is -1.02.